The summed E-state index contributed by atoms with van der Waals surface area (Å²) in [5.41, 5.74) is 1.99. The van der Waals surface area contributed by atoms with Gasteiger partial charge in [0.05, 0.1) is 17.9 Å². The smallest absolute Gasteiger partial charge is 0.180 e. The maximum atomic E-state index is 14.2. The molecule has 2 aromatic heterocycles. The van der Waals surface area contributed by atoms with Crippen LogP contribution in [0.2, 0.25) is 5.02 Å². The van der Waals surface area contributed by atoms with E-state index in [1.165, 1.54) is 24.4 Å². The zero-order chi connectivity index (χ0) is 18.7. The highest BCUT2D eigenvalue weighted by atomic mass is 35.5. The minimum Gasteiger partial charge on any atom is -0.485 e. The number of benzene rings is 1. The van der Waals surface area contributed by atoms with Gasteiger partial charge in [-0.25, -0.2) is 14.4 Å². The third-order valence-corrected chi connectivity index (χ3v) is 3.80. The quantitative estimate of drug-likeness (QED) is 0.669. The molecule has 2 heterocycles. The van der Waals surface area contributed by atoms with Crippen LogP contribution < -0.4 is 10.1 Å². The van der Waals surface area contributed by atoms with Gasteiger partial charge in [-0.05, 0) is 50.6 Å². The molecule has 0 amide bonds. The third kappa shape index (κ3) is 4.08. The fraction of sp³-hybridized carbons (Fsp3) is 0.211. The van der Waals surface area contributed by atoms with E-state index in [4.69, 9.17) is 16.3 Å². The Labute approximate surface area is 156 Å². The second-order valence-corrected chi connectivity index (χ2v) is 6.45. The minimum absolute atomic E-state index is 0.0635. The van der Waals surface area contributed by atoms with Gasteiger partial charge in [-0.15, -0.1) is 0 Å². The van der Waals surface area contributed by atoms with Crippen LogP contribution in [0, 0.1) is 12.7 Å². The molecule has 134 valence electrons. The van der Waals surface area contributed by atoms with Crippen LogP contribution in [0.4, 0.5) is 15.9 Å². The summed E-state index contributed by atoms with van der Waals surface area (Å²) in [6, 6.07) is 6.10. The van der Waals surface area contributed by atoms with Crippen molar-refractivity contribution in [1.29, 1.82) is 0 Å². The van der Waals surface area contributed by atoms with E-state index in [1.807, 2.05) is 26.8 Å². The average molecular weight is 373 g/mol. The number of aromatic nitrogens is 3. The molecule has 0 bridgehead atoms. The molecule has 0 fully saturated rings. The van der Waals surface area contributed by atoms with Crippen LogP contribution in [-0.2, 0) is 0 Å². The fourth-order valence-electron chi connectivity index (χ4n) is 2.34. The van der Waals surface area contributed by atoms with Crippen molar-refractivity contribution in [1.82, 2.24) is 15.0 Å². The van der Waals surface area contributed by atoms with E-state index < -0.39 is 5.82 Å². The van der Waals surface area contributed by atoms with Crippen LogP contribution in [0.1, 0.15) is 19.4 Å². The zero-order valence-electron chi connectivity index (χ0n) is 14.6. The SMILES string of the molecule is Cc1cnccc1Nc1nc(-c2cc(Cl)ccc2F)ncc1OC(C)C. The van der Waals surface area contributed by atoms with Crippen molar-refractivity contribution in [2.45, 2.75) is 26.9 Å². The Bertz CT molecular complexity index is 933. The molecular weight excluding hydrogens is 355 g/mol. The summed E-state index contributed by atoms with van der Waals surface area (Å²) in [6.45, 7) is 5.75. The second-order valence-electron chi connectivity index (χ2n) is 6.01. The Balaban J connectivity index is 2.07. The summed E-state index contributed by atoms with van der Waals surface area (Å²) in [5.74, 6) is 0.688. The molecule has 0 saturated heterocycles. The molecule has 0 aliphatic carbocycles. The monoisotopic (exact) mass is 372 g/mol. The lowest BCUT2D eigenvalue weighted by molar-refractivity contribution is 0.242. The van der Waals surface area contributed by atoms with Gasteiger partial charge in [0.1, 0.15) is 5.82 Å². The standard InChI is InChI=1S/C19H18ClFN4O/c1-11(2)26-17-10-23-18(14-8-13(20)4-5-15(14)21)25-19(17)24-16-6-7-22-9-12(16)3/h4-11H,1-3H3,(H,22,23,24,25). The maximum Gasteiger partial charge on any atom is 0.180 e. The highest BCUT2D eigenvalue weighted by molar-refractivity contribution is 6.30. The first-order valence-electron chi connectivity index (χ1n) is 8.11. The van der Waals surface area contributed by atoms with Crippen molar-refractivity contribution < 1.29 is 9.13 Å². The molecule has 0 atom stereocenters. The number of hydrogen-bond acceptors (Lipinski definition) is 5. The molecule has 0 saturated carbocycles. The predicted molar refractivity (Wildman–Crippen MR) is 100 cm³/mol. The lowest BCUT2D eigenvalue weighted by Crippen LogP contribution is -2.10. The number of aryl methyl sites for hydroxylation is 1. The van der Waals surface area contributed by atoms with E-state index in [-0.39, 0.29) is 17.5 Å². The number of nitrogens with one attached hydrogen (secondary N) is 1. The summed E-state index contributed by atoms with van der Waals surface area (Å²) >= 11 is 5.99. The first kappa shape index (κ1) is 18.1. The molecule has 3 aromatic rings. The molecule has 7 heteroatoms. The lowest BCUT2D eigenvalue weighted by Gasteiger charge is -2.16. The summed E-state index contributed by atoms with van der Waals surface area (Å²) in [6.07, 6.45) is 4.88. The number of rotatable bonds is 5. The minimum atomic E-state index is -0.446. The number of anilines is 2. The molecule has 3 rings (SSSR count). The molecule has 0 unspecified atom stereocenters. The Kier molecular flexibility index (Phi) is 5.32. The highest BCUT2D eigenvalue weighted by Gasteiger charge is 2.15. The Morgan fingerprint density at radius 2 is 2.00 bits per heavy atom. The largest absolute Gasteiger partial charge is 0.485 e. The van der Waals surface area contributed by atoms with Crippen molar-refractivity contribution in [3.63, 3.8) is 0 Å². The molecule has 1 N–H and O–H groups in total. The summed E-state index contributed by atoms with van der Waals surface area (Å²) in [4.78, 5) is 12.8. The van der Waals surface area contributed by atoms with E-state index in [1.54, 1.807) is 12.4 Å². The zero-order valence-corrected chi connectivity index (χ0v) is 15.4. The van der Waals surface area contributed by atoms with E-state index in [0.29, 0.717) is 16.6 Å². The van der Waals surface area contributed by atoms with E-state index in [9.17, 15) is 4.39 Å². The molecule has 26 heavy (non-hydrogen) atoms. The number of pyridine rings is 1. The average Bonchev–Trinajstić information content (AvgIpc) is 2.60. The van der Waals surface area contributed by atoms with E-state index in [0.717, 1.165) is 11.3 Å². The Morgan fingerprint density at radius 3 is 2.73 bits per heavy atom. The van der Waals surface area contributed by atoms with Gasteiger partial charge in [-0.1, -0.05) is 11.6 Å². The van der Waals surface area contributed by atoms with E-state index >= 15 is 0 Å². The third-order valence-electron chi connectivity index (χ3n) is 3.56. The van der Waals surface area contributed by atoms with Gasteiger partial charge in [0.25, 0.3) is 0 Å². The molecule has 0 aliphatic heterocycles. The molecule has 0 radical (unpaired) electrons. The van der Waals surface area contributed by atoms with E-state index in [2.05, 4.69) is 20.3 Å². The topological polar surface area (TPSA) is 59.9 Å². The first-order valence-corrected chi connectivity index (χ1v) is 8.48. The summed E-state index contributed by atoms with van der Waals surface area (Å²) < 4.78 is 20.0. The van der Waals surface area contributed by atoms with Gasteiger partial charge < -0.3 is 10.1 Å². The normalized spacial score (nSPS) is 10.8. The van der Waals surface area contributed by atoms with Gasteiger partial charge in [0.2, 0.25) is 0 Å². The summed E-state index contributed by atoms with van der Waals surface area (Å²) in [7, 11) is 0. The first-order chi connectivity index (χ1) is 12.4. The van der Waals surface area contributed by atoms with Gasteiger partial charge >= 0.3 is 0 Å². The second kappa shape index (κ2) is 7.66. The van der Waals surface area contributed by atoms with Gasteiger partial charge in [-0.3, -0.25) is 4.98 Å². The van der Waals surface area contributed by atoms with Crippen molar-refractivity contribution in [2.24, 2.45) is 0 Å². The van der Waals surface area contributed by atoms with Crippen molar-refractivity contribution in [2.75, 3.05) is 5.32 Å². The van der Waals surface area contributed by atoms with Crippen LogP contribution in [-0.4, -0.2) is 21.1 Å². The van der Waals surface area contributed by atoms with Gasteiger partial charge in [0.15, 0.2) is 17.4 Å². The summed E-state index contributed by atoms with van der Waals surface area (Å²) in [5, 5.41) is 3.63. The predicted octanol–water partition coefficient (Wildman–Crippen LogP) is 5.17. The van der Waals surface area contributed by atoms with Crippen molar-refractivity contribution in [3.05, 3.63) is 59.3 Å². The maximum absolute atomic E-state index is 14.2. The van der Waals surface area contributed by atoms with Crippen LogP contribution in [0.5, 0.6) is 5.75 Å². The number of halogens is 2. The van der Waals surface area contributed by atoms with Crippen LogP contribution in [0.3, 0.4) is 0 Å². The molecule has 0 aliphatic rings. The van der Waals surface area contributed by atoms with Crippen LogP contribution >= 0.6 is 11.6 Å². The Morgan fingerprint density at radius 1 is 1.19 bits per heavy atom. The molecular formula is C19H18ClFN4O. The van der Waals surface area contributed by atoms with Crippen molar-refractivity contribution >= 4 is 23.1 Å². The van der Waals surface area contributed by atoms with Gasteiger partial charge in [-0.2, -0.15) is 0 Å². The molecule has 1 aromatic carbocycles. The number of hydrogen-bond donors (Lipinski definition) is 1. The highest BCUT2D eigenvalue weighted by Crippen LogP contribution is 2.31. The van der Waals surface area contributed by atoms with Crippen molar-refractivity contribution in [3.8, 4) is 17.1 Å². The molecule has 0 spiro atoms. The van der Waals surface area contributed by atoms with Crippen LogP contribution in [0.15, 0.2) is 42.9 Å². The van der Waals surface area contributed by atoms with Gasteiger partial charge in [0, 0.05) is 23.1 Å². The van der Waals surface area contributed by atoms with Crippen LogP contribution in [0.25, 0.3) is 11.4 Å². The lowest BCUT2D eigenvalue weighted by atomic mass is 10.2. The number of ether oxygens (including phenoxy) is 1. The molecule has 5 nitrogen and oxygen atoms in total. The Hall–Kier alpha value is -2.73. The number of nitrogens with zero attached hydrogens (tertiary/aromatic N) is 3. The fourth-order valence-corrected chi connectivity index (χ4v) is 2.51.